The largest absolute Gasteiger partial charge is 0.478 e. The van der Waals surface area contributed by atoms with Crippen LogP contribution >= 0.6 is 0 Å². The van der Waals surface area contributed by atoms with Crippen LogP contribution in [-0.4, -0.2) is 83.2 Å². The number of nitrogens with one attached hydrogen (secondary N) is 1. The number of rotatable bonds is 9. The molecule has 3 aromatic carbocycles. The molecule has 3 amide bonds. The van der Waals surface area contributed by atoms with Gasteiger partial charge < -0.3 is 20.4 Å². The normalized spacial score (nSPS) is 16.6. The number of aliphatic carboxylic acids is 2. The summed E-state index contributed by atoms with van der Waals surface area (Å²) in [5.41, 5.74) is 1.64. The number of anilines is 1. The van der Waals surface area contributed by atoms with E-state index in [0.717, 1.165) is 50.3 Å². The predicted octanol–water partition coefficient (Wildman–Crippen LogP) is 3.41. The summed E-state index contributed by atoms with van der Waals surface area (Å²) >= 11 is 0. The maximum absolute atomic E-state index is 13.7. The number of hydrogen-bond donors (Lipinski definition) is 3. The summed E-state index contributed by atoms with van der Waals surface area (Å²) in [6.45, 7) is 5.20. The summed E-state index contributed by atoms with van der Waals surface area (Å²) < 4.78 is 0. The minimum absolute atomic E-state index is 0.205. The van der Waals surface area contributed by atoms with E-state index in [4.69, 9.17) is 10.2 Å². The van der Waals surface area contributed by atoms with Crippen molar-refractivity contribution in [1.82, 2.24) is 15.1 Å². The van der Waals surface area contributed by atoms with Crippen molar-refractivity contribution >= 4 is 29.6 Å². The van der Waals surface area contributed by atoms with E-state index in [1.165, 1.54) is 10.6 Å². The van der Waals surface area contributed by atoms with E-state index in [1.807, 2.05) is 66.7 Å². The molecule has 10 heteroatoms. The number of urea groups is 1. The second-order valence-corrected chi connectivity index (χ2v) is 9.90. The predicted molar refractivity (Wildman–Crippen MR) is 158 cm³/mol. The van der Waals surface area contributed by atoms with Crippen molar-refractivity contribution in [2.75, 3.05) is 44.2 Å². The molecule has 2 fully saturated rings. The van der Waals surface area contributed by atoms with Crippen LogP contribution in [0.15, 0.2) is 103 Å². The highest BCUT2D eigenvalue weighted by Crippen LogP contribution is 2.36. The van der Waals surface area contributed by atoms with Gasteiger partial charge in [0.2, 0.25) is 0 Å². The molecular weight excluding hydrogens is 536 g/mol. The van der Waals surface area contributed by atoms with E-state index in [1.54, 1.807) is 0 Å². The van der Waals surface area contributed by atoms with Gasteiger partial charge >= 0.3 is 18.0 Å². The Bertz CT molecular complexity index is 1330. The summed E-state index contributed by atoms with van der Waals surface area (Å²) in [7, 11) is 0. The Kier molecular flexibility index (Phi) is 10.1. The molecule has 0 saturated carbocycles. The molecule has 0 aliphatic carbocycles. The van der Waals surface area contributed by atoms with Gasteiger partial charge in [0.15, 0.2) is 5.54 Å². The van der Waals surface area contributed by atoms with Gasteiger partial charge in [0.05, 0.1) is 0 Å². The van der Waals surface area contributed by atoms with E-state index in [9.17, 15) is 19.2 Å². The first-order valence-corrected chi connectivity index (χ1v) is 13.7. The van der Waals surface area contributed by atoms with E-state index >= 15 is 0 Å². The number of nitrogens with zero attached hydrogens (tertiary/aromatic N) is 3. The maximum atomic E-state index is 13.7. The van der Waals surface area contributed by atoms with Gasteiger partial charge in [-0.3, -0.25) is 14.6 Å². The van der Waals surface area contributed by atoms with Gasteiger partial charge in [-0.25, -0.2) is 14.4 Å². The topological polar surface area (TPSA) is 130 Å². The molecule has 0 radical (unpaired) electrons. The Labute approximate surface area is 244 Å². The fourth-order valence-electron chi connectivity index (χ4n) is 5.18. The van der Waals surface area contributed by atoms with Gasteiger partial charge in [-0.1, -0.05) is 78.9 Å². The molecule has 0 spiro atoms. The SMILES string of the molecule is O=C(O)/C=C\C(=O)O.O=C1NC(c2ccccc2)(c2ccccc2)C(=O)N1CCCN1CCN(c2ccccc2)CC1. The van der Waals surface area contributed by atoms with Crippen molar-refractivity contribution < 1.29 is 29.4 Å². The number of carbonyl (C=O) groups is 4. The Hall–Kier alpha value is -4.96. The molecule has 2 aliphatic heterocycles. The molecule has 42 heavy (non-hydrogen) atoms. The number of imide groups is 1. The minimum Gasteiger partial charge on any atom is -0.478 e. The average molecular weight is 571 g/mol. The standard InChI is InChI=1S/C28H30N4O2.C4H4O4/c33-26-28(23-11-4-1-5-12-23,24-13-6-2-7-14-24)29-27(34)32(26)18-10-17-30-19-21-31(22-20-30)25-15-8-3-9-16-25;5-3(6)1-2-4(7)8/h1-9,11-16H,10,17-22H2,(H,29,34);1-2H,(H,5,6)(H,7,8)/b;2-1-. The lowest BCUT2D eigenvalue weighted by Crippen LogP contribution is -2.47. The lowest BCUT2D eigenvalue weighted by atomic mass is 9.82. The zero-order valence-corrected chi connectivity index (χ0v) is 23.1. The van der Waals surface area contributed by atoms with Crippen LogP contribution in [0.4, 0.5) is 10.5 Å². The van der Waals surface area contributed by atoms with Gasteiger partial charge in [0.1, 0.15) is 0 Å². The Morgan fingerprint density at radius 3 is 1.67 bits per heavy atom. The molecule has 2 saturated heterocycles. The van der Waals surface area contributed by atoms with Gasteiger partial charge in [-0.2, -0.15) is 0 Å². The summed E-state index contributed by atoms with van der Waals surface area (Å²) in [5, 5.41) is 18.7. The van der Waals surface area contributed by atoms with Crippen LogP contribution in [-0.2, 0) is 19.9 Å². The number of benzene rings is 3. The molecule has 2 heterocycles. The van der Waals surface area contributed by atoms with Crippen LogP contribution in [0.25, 0.3) is 0 Å². The molecule has 0 atom stereocenters. The third-order valence-corrected chi connectivity index (χ3v) is 7.24. The molecule has 0 aromatic heterocycles. The highest BCUT2D eigenvalue weighted by Gasteiger charge is 2.53. The first-order valence-electron chi connectivity index (χ1n) is 13.7. The summed E-state index contributed by atoms with van der Waals surface area (Å²) in [6.07, 6.45) is 1.87. The van der Waals surface area contributed by atoms with E-state index in [2.05, 4.69) is 39.4 Å². The number of para-hydroxylation sites is 1. The summed E-state index contributed by atoms with van der Waals surface area (Å²) in [6, 6.07) is 29.2. The Morgan fingerprint density at radius 2 is 1.19 bits per heavy atom. The average Bonchev–Trinajstić information content (AvgIpc) is 3.28. The van der Waals surface area contributed by atoms with Crippen molar-refractivity contribution in [2.45, 2.75) is 12.0 Å². The molecule has 2 aliphatic rings. The van der Waals surface area contributed by atoms with E-state index in [-0.39, 0.29) is 11.9 Å². The van der Waals surface area contributed by atoms with Gasteiger partial charge in [0.25, 0.3) is 5.91 Å². The first kappa shape index (κ1) is 30.0. The van der Waals surface area contributed by atoms with Crippen LogP contribution < -0.4 is 10.2 Å². The zero-order chi connectivity index (χ0) is 30.0. The molecule has 0 bridgehead atoms. The van der Waals surface area contributed by atoms with Crippen LogP contribution in [0.3, 0.4) is 0 Å². The molecule has 218 valence electrons. The van der Waals surface area contributed by atoms with E-state index in [0.29, 0.717) is 18.7 Å². The number of carbonyl (C=O) groups excluding carboxylic acids is 2. The zero-order valence-electron chi connectivity index (χ0n) is 23.1. The number of amides is 3. The fraction of sp³-hybridized carbons (Fsp3) is 0.250. The minimum atomic E-state index is -1.26. The number of carboxylic acid groups (broad SMARTS) is 2. The smallest absolute Gasteiger partial charge is 0.328 e. The Balaban J connectivity index is 0.000000446. The van der Waals surface area contributed by atoms with Crippen LogP contribution in [0, 0.1) is 0 Å². The van der Waals surface area contributed by atoms with Crippen molar-refractivity contribution in [3.8, 4) is 0 Å². The van der Waals surface area contributed by atoms with Crippen LogP contribution in [0.5, 0.6) is 0 Å². The molecule has 0 unspecified atom stereocenters. The second-order valence-electron chi connectivity index (χ2n) is 9.90. The fourth-order valence-corrected chi connectivity index (χ4v) is 5.18. The lowest BCUT2D eigenvalue weighted by molar-refractivity contribution is -0.134. The number of hydrogen-bond acceptors (Lipinski definition) is 6. The van der Waals surface area contributed by atoms with Gasteiger partial charge in [0, 0.05) is 50.6 Å². The van der Waals surface area contributed by atoms with E-state index < -0.39 is 17.5 Å². The molecule has 3 N–H and O–H groups in total. The highest BCUT2D eigenvalue weighted by atomic mass is 16.4. The monoisotopic (exact) mass is 570 g/mol. The number of carboxylic acids is 2. The van der Waals surface area contributed by atoms with Gasteiger partial charge in [-0.05, 0) is 36.2 Å². The number of piperazine rings is 1. The lowest BCUT2D eigenvalue weighted by Gasteiger charge is -2.36. The summed E-state index contributed by atoms with van der Waals surface area (Å²) in [5.74, 6) is -2.72. The van der Waals surface area contributed by atoms with Crippen molar-refractivity contribution in [1.29, 1.82) is 0 Å². The molecule has 5 rings (SSSR count). The third kappa shape index (κ3) is 7.21. The van der Waals surface area contributed by atoms with Crippen molar-refractivity contribution in [3.63, 3.8) is 0 Å². The Morgan fingerprint density at radius 1 is 0.714 bits per heavy atom. The third-order valence-electron chi connectivity index (χ3n) is 7.24. The van der Waals surface area contributed by atoms with Crippen molar-refractivity contribution in [3.05, 3.63) is 114 Å². The summed E-state index contributed by atoms with van der Waals surface area (Å²) in [4.78, 5) is 52.1. The van der Waals surface area contributed by atoms with Crippen LogP contribution in [0.1, 0.15) is 17.5 Å². The first-order chi connectivity index (χ1) is 20.3. The molecular formula is C32H34N4O6. The quantitative estimate of drug-likeness (QED) is 0.264. The molecule has 3 aromatic rings. The highest BCUT2D eigenvalue weighted by molar-refractivity contribution is 6.09. The van der Waals surface area contributed by atoms with Gasteiger partial charge in [-0.15, -0.1) is 0 Å². The maximum Gasteiger partial charge on any atom is 0.328 e. The molecule has 10 nitrogen and oxygen atoms in total. The van der Waals surface area contributed by atoms with Crippen LogP contribution in [0.2, 0.25) is 0 Å². The van der Waals surface area contributed by atoms with Crippen molar-refractivity contribution in [2.24, 2.45) is 0 Å². The second kappa shape index (κ2) is 14.1.